The molecule has 0 unspecified atom stereocenters. The maximum absolute atomic E-state index is 12.4. The van der Waals surface area contributed by atoms with Gasteiger partial charge in [-0.15, -0.1) is 0 Å². The molecule has 0 spiro atoms. The second-order valence-corrected chi connectivity index (χ2v) is 8.70. The van der Waals surface area contributed by atoms with E-state index in [1.54, 1.807) is 0 Å². The molecule has 3 rings (SSSR count). The van der Waals surface area contributed by atoms with Crippen LogP contribution in [0.2, 0.25) is 0 Å². The summed E-state index contributed by atoms with van der Waals surface area (Å²) in [6, 6.07) is 24.0. The third kappa shape index (κ3) is 7.67. The van der Waals surface area contributed by atoms with E-state index in [2.05, 4.69) is 31.2 Å². The monoisotopic (exact) mass is 428 g/mol. The molecule has 168 valence electrons. The van der Waals surface area contributed by atoms with Crippen LogP contribution in [0.15, 0.2) is 72.8 Å². The number of hydrogen-bond donors (Lipinski definition) is 0. The van der Waals surface area contributed by atoms with E-state index >= 15 is 0 Å². The van der Waals surface area contributed by atoms with Crippen LogP contribution in [0, 0.1) is 6.92 Å². The Morgan fingerprint density at radius 3 is 1.78 bits per heavy atom. The van der Waals surface area contributed by atoms with Crippen molar-refractivity contribution in [1.29, 1.82) is 0 Å². The summed E-state index contributed by atoms with van der Waals surface area (Å²) in [5.74, 6) is 0.234. The van der Waals surface area contributed by atoms with Gasteiger partial charge < -0.3 is 4.74 Å². The molecular formula is C30H36O2. The normalized spacial score (nSPS) is 10.8. The number of benzene rings is 3. The Labute approximate surface area is 193 Å². The highest BCUT2D eigenvalue weighted by Crippen LogP contribution is 2.22. The number of carbonyl (C=O) groups excluding carboxylic acids is 1. The summed E-state index contributed by atoms with van der Waals surface area (Å²) in [5.41, 5.74) is 5.37. The van der Waals surface area contributed by atoms with Gasteiger partial charge in [-0.25, -0.2) is 4.79 Å². The number of esters is 1. The van der Waals surface area contributed by atoms with E-state index in [0.29, 0.717) is 11.3 Å². The van der Waals surface area contributed by atoms with Crippen molar-refractivity contribution in [3.63, 3.8) is 0 Å². The lowest BCUT2D eigenvalue weighted by molar-refractivity contribution is 0.0734. The lowest BCUT2D eigenvalue weighted by Gasteiger charge is -2.07. The van der Waals surface area contributed by atoms with Crippen molar-refractivity contribution in [1.82, 2.24) is 0 Å². The van der Waals surface area contributed by atoms with Gasteiger partial charge >= 0.3 is 5.97 Å². The fourth-order valence-corrected chi connectivity index (χ4v) is 3.90. The zero-order chi connectivity index (χ0) is 22.6. The van der Waals surface area contributed by atoms with Gasteiger partial charge in [-0.05, 0) is 60.7 Å². The fourth-order valence-electron chi connectivity index (χ4n) is 3.90. The zero-order valence-electron chi connectivity index (χ0n) is 19.6. The number of carbonyl (C=O) groups is 1. The number of rotatable bonds is 12. The summed E-state index contributed by atoms with van der Waals surface area (Å²) >= 11 is 0. The third-order valence-corrected chi connectivity index (χ3v) is 5.96. The maximum atomic E-state index is 12.4. The molecule has 0 aliphatic carbocycles. The van der Waals surface area contributed by atoms with E-state index in [1.165, 1.54) is 62.5 Å². The first-order chi connectivity index (χ1) is 15.7. The van der Waals surface area contributed by atoms with Crippen molar-refractivity contribution < 1.29 is 9.53 Å². The van der Waals surface area contributed by atoms with Crippen LogP contribution in [-0.4, -0.2) is 5.97 Å². The minimum absolute atomic E-state index is 0.332. The van der Waals surface area contributed by atoms with Gasteiger partial charge in [0.1, 0.15) is 5.75 Å². The highest BCUT2D eigenvalue weighted by Gasteiger charge is 2.09. The zero-order valence-corrected chi connectivity index (χ0v) is 19.6. The smallest absolute Gasteiger partial charge is 0.343 e. The molecule has 0 atom stereocenters. The summed E-state index contributed by atoms with van der Waals surface area (Å²) < 4.78 is 5.46. The highest BCUT2D eigenvalue weighted by atomic mass is 16.5. The van der Waals surface area contributed by atoms with Crippen molar-refractivity contribution >= 4 is 5.97 Å². The molecule has 0 aliphatic rings. The molecule has 0 heterocycles. The van der Waals surface area contributed by atoms with Crippen LogP contribution in [0.5, 0.6) is 5.75 Å². The molecule has 0 amide bonds. The Kier molecular flexibility index (Phi) is 9.56. The van der Waals surface area contributed by atoms with E-state index in [4.69, 9.17) is 4.74 Å². The number of aryl methyl sites for hydroxylation is 2. The molecule has 0 aliphatic heterocycles. The minimum Gasteiger partial charge on any atom is -0.423 e. The number of hydrogen-bond acceptors (Lipinski definition) is 2. The molecule has 0 radical (unpaired) electrons. The molecule has 0 aromatic heterocycles. The molecule has 32 heavy (non-hydrogen) atoms. The second kappa shape index (κ2) is 12.9. The van der Waals surface area contributed by atoms with Crippen molar-refractivity contribution in [3.05, 3.63) is 89.5 Å². The predicted molar refractivity (Wildman–Crippen MR) is 134 cm³/mol. The average molecular weight is 429 g/mol. The van der Waals surface area contributed by atoms with Crippen LogP contribution >= 0.6 is 0 Å². The first-order valence-corrected chi connectivity index (χ1v) is 12.1. The minimum atomic E-state index is -0.332. The van der Waals surface area contributed by atoms with Crippen molar-refractivity contribution in [2.75, 3.05) is 0 Å². The Balaban J connectivity index is 1.45. The summed E-state index contributed by atoms with van der Waals surface area (Å²) in [5, 5.41) is 0. The van der Waals surface area contributed by atoms with Gasteiger partial charge in [0.05, 0.1) is 5.56 Å². The summed E-state index contributed by atoms with van der Waals surface area (Å²) in [6.45, 7) is 4.28. The van der Waals surface area contributed by atoms with Crippen molar-refractivity contribution in [2.45, 2.75) is 71.6 Å². The first kappa shape index (κ1) is 23.8. The topological polar surface area (TPSA) is 26.3 Å². The fraction of sp³-hybridized carbons (Fsp3) is 0.367. The Hall–Kier alpha value is -2.87. The van der Waals surface area contributed by atoms with Crippen LogP contribution < -0.4 is 4.74 Å². The lowest BCUT2D eigenvalue weighted by Crippen LogP contribution is -2.08. The molecular weight excluding hydrogens is 392 g/mol. The van der Waals surface area contributed by atoms with E-state index in [0.717, 1.165) is 17.5 Å². The van der Waals surface area contributed by atoms with E-state index in [-0.39, 0.29) is 5.97 Å². The molecule has 3 aromatic carbocycles. The van der Waals surface area contributed by atoms with Crippen LogP contribution in [0.1, 0.15) is 79.8 Å². The standard InChI is InChI=1S/C30H36O2/c1-3-4-5-6-7-8-9-10-11-25-14-16-26(17-15-25)27-18-20-28(21-19-27)30(31)32-29-22-12-24(2)13-23-29/h12-23H,3-11H2,1-2H3. The van der Waals surface area contributed by atoms with Gasteiger partial charge in [0, 0.05) is 0 Å². The van der Waals surface area contributed by atoms with Crippen LogP contribution in [0.4, 0.5) is 0 Å². The quantitative estimate of drug-likeness (QED) is 0.164. The molecule has 0 saturated heterocycles. The summed E-state index contributed by atoms with van der Waals surface area (Å²) in [6.07, 6.45) is 12.0. The van der Waals surface area contributed by atoms with E-state index in [1.807, 2.05) is 55.5 Å². The van der Waals surface area contributed by atoms with Gasteiger partial charge in [-0.2, -0.15) is 0 Å². The molecule has 0 N–H and O–H groups in total. The van der Waals surface area contributed by atoms with Gasteiger partial charge in [0.15, 0.2) is 0 Å². The Bertz CT molecular complexity index is 938. The molecule has 2 nitrogen and oxygen atoms in total. The van der Waals surface area contributed by atoms with Gasteiger partial charge in [-0.3, -0.25) is 0 Å². The van der Waals surface area contributed by atoms with Crippen LogP contribution in [0.25, 0.3) is 11.1 Å². The van der Waals surface area contributed by atoms with Crippen molar-refractivity contribution in [3.8, 4) is 16.9 Å². The molecule has 0 bridgehead atoms. The van der Waals surface area contributed by atoms with E-state index < -0.39 is 0 Å². The van der Waals surface area contributed by atoms with Crippen LogP contribution in [0.3, 0.4) is 0 Å². The second-order valence-electron chi connectivity index (χ2n) is 8.70. The summed E-state index contributed by atoms with van der Waals surface area (Å²) in [4.78, 5) is 12.4. The van der Waals surface area contributed by atoms with Gasteiger partial charge in [-0.1, -0.05) is 106 Å². The first-order valence-electron chi connectivity index (χ1n) is 12.1. The third-order valence-electron chi connectivity index (χ3n) is 5.96. The van der Waals surface area contributed by atoms with E-state index in [9.17, 15) is 4.79 Å². The highest BCUT2D eigenvalue weighted by molar-refractivity contribution is 5.91. The molecule has 0 saturated carbocycles. The van der Waals surface area contributed by atoms with Crippen molar-refractivity contribution in [2.24, 2.45) is 0 Å². The molecule has 0 fully saturated rings. The SMILES string of the molecule is CCCCCCCCCCc1ccc(-c2ccc(C(=O)Oc3ccc(C)cc3)cc2)cc1. The maximum Gasteiger partial charge on any atom is 0.343 e. The number of ether oxygens (including phenoxy) is 1. The lowest BCUT2D eigenvalue weighted by atomic mass is 10.00. The Morgan fingerprint density at radius 1 is 0.656 bits per heavy atom. The molecule has 3 aromatic rings. The van der Waals surface area contributed by atoms with Crippen LogP contribution in [-0.2, 0) is 6.42 Å². The number of unbranched alkanes of at least 4 members (excludes halogenated alkanes) is 7. The molecule has 2 heteroatoms. The largest absolute Gasteiger partial charge is 0.423 e. The van der Waals surface area contributed by atoms with Gasteiger partial charge in [0.25, 0.3) is 0 Å². The Morgan fingerprint density at radius 2 is 1.19 bits per heavy atom. The average Bonchev–Trinajstić information content (AvgIpc) is 2.83. The summed E-state index contributed by atoms with van der Waals surface area (Å²) in [7, 11) is 0. The predicted octanol–water partition coefficient (Wildman–Crippen LogP) is 8.56. The van der Waals surface area contributed by atoms with Gasteiger partial charge in [0.2, 0.25) is 0 Å².